The number of benzene rings is 1. The van der Waals surface area contributed by atoms with Crippen molar-refractivity contribution in [2.75, 3.05) is 5.32 Å². The molecular weight excluding hydrogens is 214 g/mol. The highest BCUT2D eigenvalue weighted by Crippen LogP contribution is 2.21. The molecule has 0 heterocycles. The molecule has 1 aromatic rings. The summed E-state index contributed by atoms with van der Waals surface area (Å²) in [4.78, 5) is 11.7. The van der Waals surface area contributed by atoms with Crippen molar-refractivity contribution in [2.24, 2.45) is 0 Å². The number of rotatable bonds is 2. The number of hydrogen-bond acceptors (Lipinski definition) is 2. The van der Waals surface area contributed by atoms with Crippen LogP contribution >= 0.6 is 0 Å². The molecule has 3 nitrogen and oxygen atoms in total. The summed E-state index contributed by atoms with van der Waals surface area (Å²) >= 11 is 0. The van der Waals surface area contributed by atoms with Gasteiger partial charge in [0.15, 0.2) is 0 Å². The van der Waals surface area contributed by atoms with Crippen LogP contribution in [0.15, 0.2) is 24.3 Å². The van der Waals surface area contributed by atoms with E-state index in [1.54, 1.807) is 0 Å². The van der Waals surface area contributed by atoms with Gasteiger partial charge in [-0.25, -0.2) is 4.79 Å². The first kappa shape index (κ1) is 12.0. The molecule has 1 N–H and O–H groups in total. The van der Waals surface area contributed by atoms with Gasteiger partial charge in [-0.3, -0.25) is 5.32 Å². The maximum Gasteiger partial charge on any atom is 0.411 e. The van der Waals surface area contributed by atoms with Crippen LogP contribution in [0.4, 0.5) is 10.5 Å². The van der Waals surface area contributed by atoms with Crippen LogP contribution in [0.25, 0.3) is 0 Å². The zero-order valence-electron chi connectivity index (χ0n) is 10.2. The number of carbonyl (C=O) groups is 1. The Morgan fingerprint density at radius 1 is 1.29 bits per heavy atom. The van der Waals surface area contributed by atoms with Crippen LogP contribution < -0.4 is 5.32 Å². The molecule has 1 fully saturated rings. The highest BCUT2D eigenvalue weighted by atomic mass is 16.6. The van der Waals surface area contributed by atoms with E-state index in [-0.39, 0.29) is 12.2 Å². The second-order valence-corrected chi connectivity index (χ2v) is 4.66. The molecule has 1 aliphatic carbocycles. The van der Waals surface area contributed by atoms with Crippen molar-refractivity contribution in [1.29, 1.82) is 0 Å². The Morgan fingerprint density at radius 3 is 2.76 bits per heavy atom. The van der Waals surface area contributed by atoms with Gasteiger partial charge in [0.25, 0.3) is 0 Å². The number of amides is 1. The summed E-state index contributed by atoms with van der Waals surface area (Å²) in [5.41, 5.74) is 1.92. The Hall–Kier alpha value is -1.51. The van der Waals surface area contributed by atoms with Crippen molar-refractivity contribution >= 4 is 11.8 Å². The molecular formula is C14H19NO2. The summed E-state index contributed by atoms with van der Waals surface area (Å²) in [5.74, 6) is 0. The Morgan fingerprint density at radius 2 is 2.06 bits per heavy atom. The first-order chi connectivity index (χ1) is 8.24. The van der Waals surface area contributed by atoms with Gasteiger partial charge in [0.2, 0.25) is 0 Å². The van der Waals surface area contributed by atoms with Crippen molar-refractivity contribution in [2.45, 2.75) is 45.1 Å². The van der Waals surface area contributed by atoms with Crippen LogP contribution in [-0.2, 0) is 4.74 Å². The zero-order chi connectivity index (χ0) is 12.1. The maximum atomic E-state index is 11.7. The van der Waals surface area contributed by atoms with Crippen LogP contribution in [0.1, 0.15) is 37.7 Å². The highest BCUT2D eigenvalue weighted by Gasteiger charge is 2.17. The lowest BCUT2D eigenvalue weighted by Gasteiger charge is -2.21. The van der Waals surface area contributed by atoms with E-state index in [4.69, 9.17) is 4.74 Å². The molecule has 1 aliphatic rings. The van der Waals surface area contributed by atoms with Gasteiger partial charge in [0.1, 0.15) is 6.10 Å². The number of aryl methyl sites for hydroxylation is 1. The molecule has 1 amide bonds. The predicted octanol–water partition coefficient (Wildman–Crippen LogP) is 3.88. The highest BCUT2D eigenvalue weighted by molar-refractivity contribution is 5.84. The number of hydrogen-bond donors (Lipinski definition) is 1. The average molecular weight is 233 g/mol. The second kappa shape index (κ2) is 5.71. The summed E-state index contributed by atoms with van der Waals surface area (Å²) in [7, 11) is 0. The van der Waals surface area contributed by atoms with Crippen LogP contribution in [0, 0.1) is 6.92 Å². The van der Waals surface area contributed by atoms with E-state index in [2.05, 4.69) is 5.32 Å². The lowest BCUT2D eigenvalue weighted by molar-refractivity contribution is 0.0865. The minimum atomic E-state index is -0.331. The van der Waals surface area contributed by atoms with Crippen molar-refractivity contribution in [3.8, 4) is 0 Å². The van der Waals surface area contributed by atoms with Crippen molar-refractivity contribution in [3.05, 3.63) is 29.8 Å². The molecule has 3 heteroatoms. The van der Waals surface area contributed by atoms with Gasteiger partial charge in [-0.1, -0.05) is 18.6 Å². The molecule has 1 saturated carbocycles. The number of ether oxygens (including phenoxy) is 1. The number of nitrogens with one attached hydrogen (secondary N) is 1. The summed E-state index contributed by atoms with van der Waals surface area (Å²) in [5, 5.41) is 2.77. The Bertz CT molecular complexity index is 384. The number of anilines is 1. The van der Waals surface area contributed by atoms with E-state index in [0.717, 1.165) is 24.1 Å². The monoisotopic (exact) mass is 233 g/mol. The van der Waals surface area contributed by atoms with Gasteiger partial charge in [0, 0.05) is 5.69 Å². The van der Waals surface area contributed by atoms with Crippen LogP contribution in [0.3, 0.4) is 0 Å². The molecule has 17 heavy (non-hydrogen) atoms. The molecule has 0 unspecified atom stereocenters. The smallest absolute Gasteiger partial charge is 0.411 e. The van der Waals surface area contributed by atoms with Gasteiger partial charge >= 0.3 is 6.09 Å². The normalized spacial score (nSPS) is 16.5. The summed E-state index contributed by atoms with van der Waals surface area (Å²) in [6.45, 7) is 2.00. The number of carbonyl (C=O) groups excluding carboxylic acids is 1. The van der Waals surface area contributed by atoms with Crippen molar-refractivity contribution in [1.82, 2.24) is 0 Å². The summed E-state index contributed by atoms with van der Waals surface area (Å²) in [6, 6.07) is 7.72. The Kier molecular flexibility index (Phi) is 4.02. The van der Waals surface area contributed by atoms with E-state index < -0.39 is 0 Å². The Balaban J connectivity index is 1.84. The Labute approximate surface area is 102 Å². The van der Waals surface area contributed by atoms with E-state index in [0.29, 0.717) is 0 Å². The van der Waals surface area contributed by atoms with Gasteiger partial charge in [-0.05, 0) is 50.3 Å². The first-order valence-electron chi connectivity index (χ1n) is 6.28. The average Bonchev–Trinajstić information content (AvgIpc) is 2.30. The fourth-order valence-electron chi connectivity index (χ4n) is 2.20. The lowest BCUT2D eigenvalue weighted by atomic mass is 9.98. The molecule has 0 bridgehead atoms. The van der Waals surface area contributed by atoms with Crippen molar-refractivity contribution in [3.63, 3.8) is 0 Å². The SMILES string of the molecule is Cc1cccc(NC(=O)OC2CCCCC2)c1. The van der Waals surface area contributed by atoms with Crippen LogP contribution in [0.2, 0.25) is 0 Å². The van der Waals surface area contributed by atoms with E-state index in [9.17, 15) is 4.79 Å². The topological polar surface area (TPSA) is 38.3 Å². The third-order valence-corrected chi connectivity index (χ3v) is 3.09. The standard InChI is InChI=1S/C14H19NO2/c1-11-6-5-7-12(10-11)15-14(16)17-13-8-3-2-4-9-13/h5-7,10,13H,2-4,8-9H2,1H3,(H,15,16). The van der Waals surface area contributed by atoms with Crippen LogP contribution in [-0.4, -0.2) is 12.2 Å². The molecule has 0 aliphatic heterocycles. The van der Waals surface area contributed by atoms with Gasteiger partial charge in [-0.15, -0.1) is 0 Å². The zero-order valence-corrected chi connectivity index (χ0v) is 10.2. The molecule has 0 radical (unpaired) electrons. The van der Waals surface area contributed by atoms with E-state index in [1.807, 2.05) is 31.2 Å². The third kappa shape index (κ3) is 3.77. The van der Waals surface area contributed by atoms with Crippen LogP contribution in [0.5, 0.6) is 0 Å². The quantitative estimate of drug-likeness (QED) is 0.841. The van der Waals surface area contributed by atoms with Gasteiger partial charge in [0.05, 0.1) is 0 Å². The molecule has 92 valence electrons. The van der Waals surface area contributed by atoms with E-state index >= 15 is 0 Å². The molecule has 0 saturated heterocycles. The summed E-state index contributed by atoms with van der Waals surface area (Å²) in [6.07, 6.45) is 5.38. The molecule has 0 spiro atoms. The largest absolute Gasteiger partial charge is 0.446 e. The minimum absolute atomic E-state index is 0.105. The predicted molar refractivity (Wildman–Crippen MR) is 68.2 cm³/mol. The molecule has 0 aromatic heterocycles. The van der Waals surface area contributed by atoms with E-state index in [1.165, 1.54) is 19.3 Å². The van der Waals surface area contributed by atoms with Crippen molar-refractivity contribution < 1.29 is 9.53 Å². The fraction of sp³-hybridized carbons (Fsp3) is 0.500. The first-order valence-corrected chi connectivity index (χ1v) is 6.28. The molecule has 0 atom stereocenters. The third-order valence-electron chi connectivity index (χ3n) is 3.09. The summed E-state index contributed by atoms with van der Waals surface area (Å²) < 4.78 is 5.39. The maximum absolute atomic E-state index is 11.7. The lowest BCUT2D eigenvalue weighted by Crippen LogP contribution is -2.24. The fourth-order valence-corrected chi connectivity index (χ4v) is 2.20. The van der Waals surface area contributed by atoms with Gasteiger partial charge < -0.3 is 4.74 Å². The minimum Gasteiger partial charge on any atom is -0.446 e. The van der Waals surface area contributed by atoms with Gasteiger partial charge in [-0.2, -0.15) is 0 Å². The molecule has 1 aromatic carbocycles. The molecule has 2 rings (SSSR count). The second-order valence-electron chi connectivity index (χ2n) is 4.66.